The molecule has 1 saturated heterocycles. The van der Waals surface area contributed by atoms with Gasteiger partial charge < -0.3 is 54.0 Å². The SMILES string of the molecule is COc1ccc(C#CC[C@@H](O[C@@H]2O[C@H](CO)[C@@H](O)[C@H](O)[C@H]2O)[C@H](O)c2ccc(OC)c(OC)c2)cc1OC. The summed E-state index contributed by atoms with van der Waals surface area (Å²) in [5.74, 6) is 7.82. The van der Waals surface area contributed by atoms with Crippen molar-refractivity contribution >= 4 is 0 Å². The maximum atomic E-state index is 11.2. The van der Waals surface area contributed by atoms with Crippen LogP contribution in [0.3, 0.4) is 0 Å². The van der Waals surface area contributed by atoms with E-state index in [1.54, 1.807) is 36.4 Å². The van der Waals surface area contributed by atoms with Crippen molar-refractivity contribution in [1.82, 2.24) is 0 Å². The lowest BCUT2D eigenvalue weighted by Crippen LogP contribution is -2.59. The van der Waals surface area contributed by atoms with Gasteiger partial charge in [0, 0.05) is 12.0 Å². The second-order valence-corrected chi connectivity index (χ2v) is 8.51. The molecule has 3 rings (SSSR count). The lowest BCUT2D eigenvalue weighted by molar-refractivity contribution is -0.316. The number of rotatable bonds is 10. The molecule has 38 heavy (non-hydrogen) atoms. The van der Waals surface area contributed by atoms with Crippen molar-refractivity contribution in [3.63, 3.8) is 0 Å². The van der Waals surface area contributed by atoms with Gasteiger partial charge >= 0.3 is 0 Å². The fraction of sp³-hybridized carbons (Fsp3) is 0.481. The third-order valence-corrected chi connectivity index (χ3v) is 6.18. The third-order valence-electron chi connectivity index (χ3n) is 6.18. The topological polar surface area (TPSA) is 157 Å². The Hall–Kier alpha value is -3.08. The summed E-state index contributed by atoms with van der Waals surface area (Å²) < 4.78 is 32.5. The molecule has 1 heterocycles. The standard InChI is InChI=1S/C27H34O11/c1-33-17-10-8-15(12-20(17)35-3)6-5-7-19(23(29)16-9-11-18(34-2)21(13-16)36-4)37-27-26(32)25(31)24(30)22(14-28)38-27/h8-13,19,22-32H,7,14H2,1-4H3/t19-,22-,23-,24-,25+,26-,27-/m1/s1. The van der Waals surface area contributed by atoms with Crippen molar-refractivity contribution in [1.29, 1.82) is 0 Å². The monoisotopic (exact) mass is 534 g/mol. The van der Waals surface area contributed by atoms with Crippen LogP contribution in [0, 0.1) is 11.8 Å². The molecular formula is C27H34O11. The van der Waals surface area contributed by atoms with Gasteiger partial charge in [-0.05, 0) is 35.9 Å². The lowest BCUT2D eigenvalue weighted by atomic mass is 9.98. The van der Waals surface area contributed by atoms with E-state index in [0.717, 1.165) is 0 Å². The molecule has 0 amide bonds. The quantitative estimate of drug-likeness (QED) is 0.269. The highest BCUT2D eigenvalue weighted by Gasteiger charge is 2.45. The molecule has 208 valence electrons. The van der Waals surface area contributed by atoms with Gasteiger partial charge in [-0.25, -0.2) is 0 Å². The largest absolute Gasteiger partial charge is 0.493 e. The zero-order chi connectivity index (χ0) is 27.8. The molecule has 2 aromatic rings. The summed E-state index contributed by atoms with van der Waals surface area (Å²) >= 11 is 0. The van der Waals surface area contributed by atoms with E-state index in [1.165, 1.54) is 28.4 Å². The van der Waals surface area contributed by atoms with Gasteiger partial charge in [0.05, 0.1) is 35.0 Å². The zero-order valence-corrected chi connectivity index (χ0v) is 21.6. The Kier molecular flexibility index (Phi) is 10.6. The van der Waals surface area contributed by atoms with Gasteiger partial charge in [0.1, 0.15) is 36.6 Å². The lowest BCUT2D eigenvalue weighted by Gasteiger charge is -2.41. The first-order valence-electron chi connectivity index (χ1n) is 11.8. The average Bonchev–Trinajstić information content (AvgIpc) is 2.95. The average molecular weight is 535 g/mol. The molecule has 5 N–H and O–H groups in total. The molecule has 0 aromatic heterocycles. The minimum atomic E-state index is -1.65. The van der Waals surface area contributed by atoms with Gasteiger partial charge in [-0.15, -0.1) is 0 Å². The Labute approximate surface area is 221 Å². The summed E-state index contributed by atoms with van der Waals surface area (Å²) in [6.45, 7) is -0.618. The highest BCUT2D eigenvalue weighted by Crippen LogP contribution is 2.34. The second-order valence-electron chi connectivity index (χ2n) is 8.51. The fourth-order valence-corrected chi connectivity index (χ4v) is 4.01. The fourth-order valence-electron chi connectivity index (χ4n) is 4.01. The molecule has 1 fully saturated rings. The Morgan fingerprint density at radius 1 is 0.816 bits per heavy atom. The highest BCUT2D eigenvalue weighted by molar-refractivity contribution is 5.48. The molecule has 0 aliphatic carbocycles. The first-order chi connectivity index (χ1) is 18.3. The predicted molar refractivity (Wildman–Crippen MR) is 134 cm³/mol. The highest BCUT2D eigenvalue weighted by atomic mass is 16.7. The van der Waals surface area contributed by atoms with E-state index >= 15 is 0 Å². The molecule has 0 saturated carbocycles. The Bertz CT molecular complexity index is 1110. The summed E-state index contributed by atoms with van der Waals surface area (Å²) in [6.07, 6.45) is -9.84. The van der Waals surface area contributed by atoms with E-state index in [9.17, 15) is 25.5 Å². The van der Waals surface area contributed by atoms with Crippen LogP contribution in [0.2, 0.25) is 0 Å². The van der Waals surface area contributed by atoms with E-state index in [4.69, 9.17) is 28.4 Å². The summed E-state index contributed by atoms with van der Waals surface area (Å²) in [4.78, 5) is 0. The van der Waals surface area contributed by atoms with Crippen LogP contribution < -0.4 is 18.9 Å². The maximum Gasteiger partial charge on any atom is 0.187 e. The Morgan fingerprint density at radius 3 is 2.03 bits per heavy atom. The molecule has 11 heteroatoms. The van der Waals surface area contributed by atoms with Crippen molar-refractivity contribution in [3.05, 3.63) is 47.5 Å². The third kappa shape index (κ3) is 6.67. The van der Waals surface area contributed by atoms with Gasteiger partial charge in [-0.2, -0.15) is 0 Å². The van der Waals surface area contributed by atoms with Crippen LogP contribution in [0.15, 0.2) is 36.4 Å². The Balaban J connectivity index is 1.90. The van der Waals surface area contributed by atoms with Crippen LogP contribution in [0.4, 0.5) is 0 Å². The number of aliphatic hydroxyl groups is 5. The van der Waals surface area contributed by atoms with E-state index in [0.29, 0.717) is 34.1 Å². The molecule has 0 radical (unpaired) electrons. The van der Waals surface area contributed by atoms with Crippen LogP contribution in [-0.2, 0) is 9.47 Å². The van der Waals surface area contributed by atoms with Crippen molar-refractivity contribution in [3.8, 4) is 34.8 Å². The molecule has 0 unspecified atom stereocenters. The number of methoxy groups -OCH3 is 4. The molecule has 1 aliphatic rings. The van der Waals surface area contributed by atoms with Crippen LogP contribution in [-0.4, -0.2) is 97.4 Å². The number of hydrogen-bond donors (Lipinski definition) is 5. The van der Waals surface area contributed by atoms with E-state index in [-0.39, 0.29) is 6.42 Å². The van der Waals surface area contributed by atoms with Crippen LogP contribution in [0.5, 0.6) is 23.0 Å². The molecule has 0 bridgehead atoms. The van der Waals surface area contributed by atoms with Crippen LogP contribution >= 0.6 is 0 Å². The molecule has 1 aliphatic heterocycles. The molecule has 11 nitrogen and oxygen atoms in total. The summed E-state index contributed by atoms with van der Waals surface area (Å²) in [7, 11) is 5.99. The number of ether oxygens (including phenoxy) is 6. The van der Waals surface area contributed by atoms with Gasteiger partial charge in [0.2, 0.25) is 0 Å². The van der Waals surface area contributed by atoms with E-state index in [2.05, 4.69) is 11.8 Å². The van der Waals surface area contributed by atoms with Gasteiger partial charge in [0.15, 0.2) is 29.3 Å². The van der Waals surface area contributed by atoms with Crippen LogP contribution in [0.25, 0.3) is 0 Å². The van der Waals surface area contributed by atoms with Gasteiger partial charge in [-0.3, -0.25) is 0 Å². The minimum Gasteiger partial charge on any atom is -0.493 e. The Morgan fingerprint density at radius 2 is 1.42 bits per heavy atom. The summed E-state index contributed by atoms with van der Waals surface area (Å²) in [6, 6.07) is 9.98. The molecule has 7 atom stereocenters. The predicted octanol–water partition coefficient (Wildman–Crippen LogP) is 0.381. The first kappa shape index (κ1) is 29.5. The van der Waals surface area contributed by atoms with Crippen LogP contribution in [0.1, 0.15) is 23.7 Å². The first-order valence-corrected chi connectivity index (χ1v) is 11.8. The van der Waals surface area contributed by atoms with Crippen molar-refractivity contribution in [2.24, 2.45) is 0 Å². The van der Waals surface area contributed by atoms with Crippen molar-refractivity contribution < 1.29 is 54.0 Å². The molecule has 0 spiro atoms. The number of aliphatic hydroxyl groups excluding tert-OH is 5. The maximum absolute atomic E-state index is 11.2. The van der Waals surface area contributed by atoms with Gasteiger partial charge in [0.25, 0.3) is 0 Å². The summed E-state index contributed by atoms with van der Waals surface area (Å²) in [5, 5.41) is 51.5. The normalized spacial score (nSPS) is 24.5. The van der Waals surface area contributed by atoms with E-state index in [1.807, 2.05) is 0 Å². The molecule has 2 aromatic carbocycles. The van der Waals surface area contributed by atoms with Gasteiger partial charge in [-0.1, -0.05) is 17.9 Å². The zero-order valence-electron chi connectivity index (χ0n) is 21.6. The minimum absolute atomic E-state index is 0.0289. The summed E-state index contributed by atoms with van der Waals surface area (Å²) in [5.41, 5.74) is 1.03. The van der Waals surface area contributed by atoms with Crippen molar-refractivity contribution in [2.75, 3.05) is 35.0 Å². The van der Waals surface area contributed by atoms with E-state index < -0.39 is 49.5 Å². The smallest absolute Gasteiger partial charge is 0.187 e. The molecular weight excluding hydrogens is 500 g/mol. The second kappa shape index (κ2) is 13.6. The number of hydrogen-bond acceptors (Lipinski definition) is 11. The number of benzene rings is 2. The van der Waals surface area contributed by atoms with Crippen molar-refractivity contribution in [2.45, 2.75) is 49.3 Å².